The number of aryl methyl sites for hydroxylation is 2. The van der Waals surface area contributed by atoms with Crippen molar-refractivity contribution in [3.8, 4) is 18.1 Å². The maximum absolute atomic E-state index is 5.56. The van der Waals surface area contributed by atoms with E-state index in [4.69, 9.17) is 11.2 Å². The molecule has 15 heavy (non-hydrogen) atoms. The minimum absolute atomic E-state index is 0.703. The first-order valence-electron chi connectivity index (χ1n) is 5.49. The lowest BCUT2D eigenvalue weighted by atomic mass is 10.0. The van der Waals surface area contributed by atoms with Gasteiger partial charge in [0.1, 0.15) is 5.75 Å². The van der Waals surface area contributed by atoms with Crippen LogP contribution in [0.15, 0.2) is 18.2 Å². The molecule has 0 saturated carbocycles. The smallest absolute Gasteiger partial charge is 0.122 e. The first-order chi connectivity index (χ1) is 7.31. The van der Waals surface area contributed by atoms with E-state index < -0.39 is 0 Å². The topological polar surface area (TPSA) is 9.23 Å². The molecular weight excluding hydrogens is 184 g/mol. The van der Waals surface area contributed by atoms with Crippen molar-refractivity contribution in [1.29, 1.82) is 0 Å². The van der Waals surface area contributed by atoms with Gasteiger partial charge in [-0.25, -0.2) is 0 Å². The molecule has 0 aromatic heterocycles. The lowest BCUT2D eigenvalue weighted by molar-refractivity contribution is 0.336. The zero-order valence-corrected chi connectivity index (χ0v) is 9.55. The van der Waals surface area contributed by atoms with Crippen LogP contribution in [0.3, 0.4) is 0 Å². The van der Waals surface area contributed by atoms with Gasteiger partial charge in [-0.15, -0.1) is 12.3 Å². The molecular formula is C14H18O. The van der Waals surface area contributed by atoms with Gasteiger partial charge in [0.25, 0.3) is 0 Å². The van der Waals surface area contributed by atoms with Crippen LogP contribution in [0.25, 0.3) is 0 Å². The number of ether oxygens (including phenoxy) is 1. The fourth-order valence-corrected chi connectivity index (χ4v) is 1.55. The predicted octanol–water partition coefficient (Wildman–Crippen LogP) is 3.21. The third kappa shape index (κ3) is 3.32. The second-order valence-corrected chi connectivity index (χ2v) is 3.43. The first-order valence-corrected chi connectivity index (χ1v) is 5.49. The second-order valence-electron chi connectivity index (χ2n) is 3.43. The average Bonchev–Trinajstić information content (AvgIpc) is 2.28. The minimum atomic E-state index is 0.703. The Kier molecular flexibility index (Phi) is 4.77. The Morgan fingerprint density at radius 1 is 1.33 bits per heavy atom. The molecule has 0 fully saturated rings. The molecule has 1 aromatic carbocycles. The minimum Gasteiger partial charge on any atom is -0.494 e. The molecule has 0 bridgehead atoms. The summed E-state index contributed by atoms with van der Waals surface area (Å²) in [5, 5.41) is 0. The quantitative estimate of drug-likeness (QED) is 0.666. The van der Waals surface area contributed by atoms with Crippen LogP contribution in [-0.2, 0) is 12.8 Å². The molecule has 0 aliphatic carbocycles. The zero-order chi connectivity index (χ0) is 11.1. The highest BCUT2D eigenvalue weighted by Crippen LogP contribution is 2.22. The van der Waals surface area contributed by atoms with Crippen molar-refractivity contribution < 1.29 is 4.74 Å². The Morgan fingerprint density at radius 2 is 2.13 bits per heavy atom. The molecule has 0 N–H and O–H groups in total. The summed E-state index contributed by atoms with van der Waals surface area (Å²) < 4.78 is 5.56. The van der Waals surface area contributed by atoms with Crippen molar-refractivity contribution in [2.24, 2.45) is 0 Å². The highest BCUT2D eigenvalue weighted by molar-refractivity contribution is 5.37. The lowest BCUT2D eigenvalue weighted by Crippen LogP contribution is -1.98. The van der Waals surface area contributed by atoms with Crippen LogP contribution in [0.1, 0.15) is 31.4 Å². The van der Waals surface area contributed by atoms with Crippen molar-refractivity contribution in [3.63, 3.8) is 0 Å². The van der Waals surface area contributed by atoms with Crippen LogP contribution in [0.4, 0.5) is 0 Å². The lowest BCUT2D eigenvalue weighted by Gasteiger charge is -2.10. The summed E-state index contributed by atoms with van der Waals surface area (Å²) >= 11 is 0. The average molecular weight is 202 g/mol. The SMILES string of the molecule is C#CCCc1cc(CC)ccc1OCC. The number of hydrogen-bond acceptors (Lipinski definition) is 1. The molecule has 0 aliphatic rings. The second kappa shape index (κ2) is 6.14. The van der Waals surface area contributed by atoms with Gasteiger partial charge in [-0.05, 0) is 37.0 Å². The first kappa shape index (κ1) is 11.7. The van der Waals surface area contributed by atoms with Crippen molar-refractivity contribution >= 4 is 0 Å². The van der Waals surface area contributed by atoms with Gasteiger partial charge in [-0.1, -0.05) is 19.1 Å². The van der Waals surface area contributed by atoms with E-state index >= 15 is 0 Å². The highest BCUT2D eigenvalue weighted by atomic mass is 16.5. The van der Waals surface area contributed by atoms with Crippen molar-refractivity contribution in [1.82, 2.24) is 0 Å². The zero-order valence-electron chi connectivity index (χ0n) is 9.55. The molecule has 0 aliphatic heterocycles. The molecule has 0 amide bonds. The largest absolute Gasteiger partial charge is 0.494 e. The normalized spacial score (nSPS) is 9.67. The van der Waals surface area contributed by atoms with Gasteiger partial charge in [-0.3, -0.25) is 0 Å². The maximum Gasteiger partial charge on any atom is 0.122 e. The fraction of sp³-hybridized carbons (Fsp3) is 0.429. The van der Waals surface area contributed by atoms with E-state index in [1.165, 1.54) is 11.1 Å². The van der Waals surface area contributed by atoms with Gasteiger partial charge in [0.05, 0.1) is 6.61 Å². The fourth-order valence-electron chi connectivity index (χ4n) is 1.55. The van der Waals surface area contributed by atoms with Gasteiger partial charge < -0.3 is 4.74 Å². The van der Waals surface area contributed by atoms with Crippen LogP contribution in [0, 0.1) is 12.3 Å². The molecule has 0 radical (unpaired) electrons. The third-order valence-corrected chi connectivity index (χ3v) is 2.37. The summed E-state index contributed by atoms with van der Waals surface area (Å²) in [4.78, 5) is 0. The van der Waals surface area contributed by atoms with Gasteiger partial charge in [-0.2, -0.15) is 0 Å². The summed E-state index contributed by atoms with van der Waals surface area (Å²) in [7, 11) is 0. The predicted molar refractivity (Wildman–Crippen MR) is 64.1 cm³/mol. The number of hydrogen-bond donors (Lipinski definition) is 0. The van der Waals surface area contributed by atoms with Crippen molar-refractivity contribution in [3.05, 3.63) is 29.3 Å². The van der Waals surface area contributed by atoms with Gasteiger partial charge in [0.2, 0.25) is 0 Å². The van der Waals surface area contributed by atoms with E-state index in [-0.39, 0.29) is 0 Å². The number of rotatable bonds is 5. The van der Waals surface area contributed by atoms with Gasteiger partial charge in [0.15, 0.2) is 0 Å². The van der Waals surface area contributed by atoms with Crippen LogP contribution >= 0.6 is 0 Å². The van der Waals surface area contributed by atoms with Gasteiger partial charge in [0, 0.05) is 6.42 Å². The standard InChI is InChI=1S/C14H18O/c1-4-7-8-13-11-12(5-2)9-10-14(13)15-6-3/h1,9-11H,5-8H2,2-3H3. The van der Waals surface area contributed by atoms with Gasteiger partial charge >= 0.3 is 0 Å². The van der Waals surface area contributed by atoms with Crippen molar-refractivity contribution in [2.45, 2.75) is 33.1 Å². The molecule has 0 spiro atoms. The Hall–Kier alpha value is -1.42. The van der Waals surface area contributed by atoms with Crippen molar-refractivity contribution in [2.75, 3.05) is 6.61 Å². The monoisotopic (exact) mass is 202 g/mol. The highest BCUT2D eigenvalue weighted by Gasteiger charge is 2.03. The van der Waals surface area contributed by atoms with E-state index in [1.54, 1.807) is 0 Å². The van der Waals surface area contributed by atoms with E-state index in [9.17, 15) is 0 Å². The number of benzene rings is 1. The van der Waals surface area contributed by atoms with Crippen LogP contribution < -0.4 is 4.74 Å². The van der Waals surface area contributed by atoms with E-state index in [2.05, 4.69) is 25.0 Å². The molecule has 0 atom stereocenters. The summed E-state index contributed by atoms with van der Waals surface area (Å²) in [5.41, 5.74) is 2.57. The molecule has 0 unspecified atom stereocenters. The summed E-state index contributed by atoms with van der Waals surface area (Å²) in [6.07, 6.45) is 8.00. The van der Waals surface area contributed by atoms with E-state index in [1.807, 2.05) is 13.0 Å². The Labute approximate surface area is 92.5 Å². The summed E-state index contributed by atoms with van der Waals surface area (Å²) in [5.74, 6) is 3.64. The van der Waals surface area contributed by atoms with E-state index in [0.29, 0.717) is 6.61 Å². The van der Waals surface area contributed by atoms with E-state index in [0.717, 1.165) is 25.0 Å². The third-order valence-electron chi connectivity index (χ3n) is 2.37. The summed E-state index contributed by atoms with van der Waals surface area (Å²) in [6, 6.07) is 6.36. The molecule has 1 nitrogen and oxygen atoms in total. The van der Waals surface area contributed by atoms with Crippen LogP contribution in [0.2, 0.25) is 0 Å². The molecule has 80 valence electrons. The molecule has 0 saturated heterocycles. The molecule has 0 heterocycles. The molecule has 1 aromatic rings. The Balaban J connectivity index is 2.89. The van der Waals surface area contributed by atoms with Crippen LogP contribution in [0.5, 0.6) is 5.75 Å². The molecule has 1 rings (SSSR count). The number of terminal acetylenes is 1. The molecule has 1 heteroatoms. The Morgan fingerprint density at radius 3 is 2.73 bits per heavy atom. The van der Waals surface area contributed by atoms with Crippen LogP contribution in [-0.4, -0.2) is 6.61 Å². The maximum atomic E-state index is 5.56. The Bertz CT molecular complexity index is 347. The summed E-state index contributed by atoms with van der Waals surface area (Å²) in [6.45, 7) is 4.86.